The van der Waals surface area contributed by atoms with Gasteiger partial charge in [-0.1, -0.05) is 36.4 Å². The Balaban J connectivity index is 2.23. The van der Waals surface area contributed by atoms with Gasteiger partial charge in [-0.3, -0.25) is 9.97 Å². The van der Waals surface area contributed by atoms with Gasteiger partial charge in [0, 0.05) is 18.0 Å². The lowest BCUT2D eigenvalue weighted by atomic mass is 10.1. The van der Waals surface area contributed by atoms with E-state index in [0.717, 1.165) is 16.8 Å². The molecule has 0 unspecified atom stereocenters. The van der Waals surface area contributed by atoms with E-state index in [4.69, 9.17) is 5.11 Å². The molecule has 0 atom stereocenters. The van der Waals surface area contributed by atoms with Gasteiger partial charge in [0.25, 0.3) is 0 Å². The summed E-state index contributed by atoms with van der Waals surface area (Å²) < 4.78 is 0. The van der Waals surface area contributed by atoms with Crippen LogP contribution in [0.1, 0.15) is 5.56 Å². The second kappa shape index (κ2) is 5.19. The van der Waals surface area contributed by atoms with Gasteiger partial charge in [-0.2, -0.15) is 0 Å². The number of hydrogen-bond acceptors (Lipinski definition) is 3. The second-order valence-electron chi connectivity index (χ2n) is 3.30. The number of aliphatic hydroxyl groups excluding tert-OH is 1. The van der Waals surface area contributed by atoms with Crippen LogP contribution in [0.5, 0.6) is 0 Å². The van der Waals surface area contributed by atoms with Gasteiger partial charge >= 0.3 is 0 Å². The van der Waals surface area contributed by atoms with E-state index >= 15 is 0 Å². The van der Waals surface area contributed by atoms with Crippen molar-refractivity contribution in [3.8, 4) is 11.3 Å². The standard InChI is InChI=1S/C13H12N2O/c16-9-1-2-11-3-5-12(6-4-11)13-10-14-7-8-15-13/h1-8,10,16H,9H2/b2-1+. The molecule has 0 aliphatic heterocycles. The van der Waals surface area contributed by atoms with E-state index in [-0.39, 0.29) is 6.61 Å². The van der Waals surface area contributed by atoms with Crippen LogP contribution in [0.2, 0.25) is 0 Å². The fourth-order valence-electron chi connectivity index (χ4n) is 1.40. The van der Waals surface area contributed by atoms with E-state index in [1.54, 1.807) is 24.7 Å². The van der Waals surface area contributed by atoms with Crippen LogP contribution in [-0.2, 0) is 0 Å². The molecule has 0 aliphatic carbocycles. The highest BCUT2D eigenvalue weighted by molar-refractivity contribution is 5.61. The van der Waals surface area contributed by atoms with Crippen molar-refractivity contribution in [1.82, 2.24) is 9.97 Å². The first-order chi connectivity index (χ1) is 7.90. The van der Waals surface area contributed by atoms with Crippen LogP contribution >= 0.6 is 0 Å². The Labute approximate surface area is 94.1 Å². The zero-order chi connectivity index (χ0) is 11.2. The molecule has 3 nitrogen and oxygen atoms in total. The molecule has 0 spiro atoms. The molecule has 1 N–H and O–H groups in total. The van der Waals surface area contributed by atoms with Gasteiger partial charge in [-0.05, 0) is 5.56 Å². The molecular formula is C13H12N2O. The van der Waals surface area contributed by atoms with E-state index < -0.39 is 0 Å². The zero-order valence-corrected chi connectivity index (χ0v) is 8.74. The average Bonchev–Trinajstić information content (AvgIpc) is 2.38. The van der Waals surface area contributed by atoms with E-state index in [1.165, 1.54) is 0 Å². The Morgan fingerprint density at radius 3 is 2.56 bits per heavy atom. The van der Waals surface area contributed by atoms with E-state index in [1.807, 2.05) is 30.3 Å². The number of hydrogen-bond donors (Lipinski definition) is 1. The Bertz CT molecular complexity index is 463. The maximum Gasteiger partial charge on any atom is 0.0885 e. The maximum atomic E-state index is 8.66. The predicted molar refractivity (Wildman–Crippen MR) is 63.6 cm³/mol. The fraction of sp³-hybridized carbons (Fsp3) is 0.0769. The summed E-state index contributed by atoms with van der Waals surface area (Å²) in [6, 6.07) is 7.94. The summed E-state index contributed by atoms with van der Waals surface area (Å²) in [5, 5.41) is 8.66. The quantitative estimate of drug-likeness (QED) is 0.847. The zero-order valence-electron chi connectivity index (χ0n) is 8.74. The van der Waals surface area contributed by atoms with Crippen molar-refractivity contribution in [2.75, 3.05) is 6.61 Å². The fourth-order valence-corrected chi connectivity index (χ4v) is 1.40. The van der Waals surface area contributed by atoms with Crippen molar-refractivity contribution in [1.29, 1.82) is 0 Å². The molecule has 0 aliphatic rings. The summed E-state index contributed by atoms with van der Waals surface area (Å²) >= 11 is 0. The van der Waals surface area contributed by atoms with E-state index in [2.05, 4.69) is 9.97 Å². The van der Waals surface area contributed by atoms with Crippen molar-refractivity contribution in [3.63, 3.8) is 0 Å². The molecule has 2 aromatic rings. The Morgan fingerprint density at radius 1 is 1.12 bits per heavy atom. The lowest BCUT2D eigenvalue weighted by Crippen LogP contribution is -1.84. The minimum Gasteiger partial charge on any atom is -0.392 e. The highest BCUT2D eigenvalue weighted by atomic mass is 16.2. The van der Waals surface area contributed by atoms with Crippen LogP contribution in [-0.4, -0.2) is 21.7 Å². The minimum absolute atomic E-state index is 0.0614. The van der Waals surface area contributed by atoms with Gasteiger partial charge in [-0.25, -0.2) is 0 Å². The van der Waals surface area contributed by atoms with Gasteiger partial charge < -0.3 is 5.11 Å². The molecule has 0 amide bonds. The highest BCUT2D eigenvalue weighted by Gasteiger charge is 1.97. The molecule has 0 fully saturated rings. The van der Waals surface area contributed by atoms with E-state index in [9.17, 15) is 0 Å². The molecular weight excluding hydrogens is 200 g/mol. The van der Waals surface area contributed by atoms with Crippen molar-refractivity contribution < 1.29 is 5.11 Å². The first-order valence-corrected chi connectivity index (χ1v) is 5.04. The Kier molecular flexibility index (Phi) is 3.41. The van der Waals surface area contributed by atoms with Gasteiger partial charge in [0.05, 0.1) is 18.5 Å². The van der Waals surface area contributed by atoms with Gasteiger partial charge in [-0.15, -0.1) is 0 Å². The summed E-state index contributed by atoms with van der Waals surface area (Å²) in [4.78, 5) is 8.24. The van der Waals surface area contributed by atoms with Crippen LogP contribution in [0.4, 0.5) is 0 Å². The number of aliphatic hydroxyl groups is 1. The number of benzene rings is 1. The molecule has 2 rings (SSSR count). The number of aromatic nitrogens is 2. The molecule has 0 bridgehead atoms. The molecule has 1 aromatic heterocycles. The third-order valence-corrected chi connectivity index (χ3v) is 2.19. The highest BCUT2D eigenvalue weighted by Crippen LogP contribution is 2.16. The predicted octanol–water partition coefficient (Wildman–Crippen LogP) is 2.15. The first kappa shape index (κ1) is 10.5. The molecule has 0 saturated carbocycles. The summed E-state index contributed by atoms with van der Waals surface area (Å²) in [6.45, 7) is 0.0614. The minimum atomic E-state index is 0.0614. The molecule has 0 radical (unpaired) electrons. The molecule has 1 heterocycles. The average molecular weight is 212 g/mol. The summed E-state index contributed by atoms with van der Waals surface area (Å²) in [5.74, 6) is 0. The van der Waals surface area contributed by atoms with Crippen LogP contribution < -0.4 is 0 Å². The summed E-state index contributed by atoms with van der Waals surface area (Å²) in [7, 11) is 0. The maximum absolute atomic E-state index is 8.66. The molecule has 1 aromatic carbocycles. The Hall–Kier alpha value is -2.00. The van der Waals surface area contributed by atoms with Gasteiger partial charge in [0.1, 0.15) is 0 Å². The topological polar surface area (TPSA) is 46.0 Å². The van der Waals surface area contributed by atoms with Crippen molar-refractivity contribution in [3.05, 3.63) is 54.5 Å². The smallest absolute Gasteiger partial charge is 0.0885 e. The van der Waals surface area contributed by atoms with Crippen molar-refractivity contribution in [2.45, 2.75) is 0 Å². The summed E-state index contributed by atoms with van der Waals surface area (Å²) in [6.07, 6.45) is 8.65. The monoisotopic (exact) mass is 212 g/mol. The second-order valence-corrected chi connectivity index (χ2v) is 3.30. The summed E-state index contributed by atoms with van der Waals surface area (Å²) in [5.41, 5.74) is 2.95. The Morgan fingerprint density at radius 2 is 1.94 bits per heavy atom. The van der Waals surface area contributed by atoms with Crippen molar-refractivity contribution >= 4 is 6.08 Å². The molecule has 3 heteroatoms. The number of rotatable bonds is 3. The third-order valence-electron chi connectivity index (χ3n) is 2.19. The molecule has 80 valence electrons. The normalized spacial score (nSPS) is 10.8. The largest absolute Gasteiger partial charge is 0.392 e. The first-order valence-electron chi connectivity index (χ1n) is 5.04. The third kappa shape index (κ3) is 2.52. The van der Waals surface area contributed by atoms with Gasteiger partial charge in [0.15, 0.2) is 0 Å². The van der Waals surface area contributed by atoms with Crippen molar-refractivity contribution in [2.24, 2.45) is 0 Å². The van der Waals surface area contributed by atoms with E-state index in [0.29, 0.717) is 0 Å². The SMILES string of the molecule is OC/C=C/c1ccc(-c2cnccn2)cc1. The van der Waals surface area contributed by atoms with Crippen LogP contribution in [0.15, 0.2) is 48.9 Å². The molecule has 16 heavy (non-hydrogen) atoms. The number of nitrogens with zero attached hydrogens (tertiary/aromatic N) is 2. The molecule has 0 saturated heterocycles. The van der Waals surface area contributed by atoms with Gasteiger partial charge in [0.2, 0.25) is 0 Å². The lowest BCUT2D eigenvalue weighted by molar-refractivity contribution is 0.343. The van der Waals surface area contributed by atoms with Crippen LogP contribution in [0.3, 0.4) is 0 Å². The van der Waals surface area contributed by atoms with Crippen LogP contribution in [0, 0.1) is 0 Å². The lowest BCUT2D eigenvalue weighted by Gasteiger charge is -2.00. The van der Waals surface area contributed by atoms with Crippen LogP contribution in [0.25, 0.3) is 17.3 Å².